The van der Waals surface area contributed by atoms with Crippen LogP contribution in [0.4, 0.5) is 5.13 Å². The second-order valence-electron chi connectivity index (χ2n) is 4.79. The van der Waals surface area contributed by atoms with Gasteiger partial charge in [0.2, 0.25) is 5.91 Å². The summed E-state index contributed by atoms with van der Waals surface area (Å²) in [5.41, 5.74) is 0.828. The number of fused-ring (bicyclic) bond motifs is 1. The number of anilines is 1. The zero-order valence-corrected chi connectivity index (χ0v) is 13.4. The standard InChI is InChI=1S/C16H14N2O4S/c1-3-14(19)18-16-17-12(8-23-16)11-7-9-6-10(21-2)4-5-13(9)22-15(11)20/h4-8H,3H2,1-2H3,(H,17,18,19). The Bertz CT molecular complexity index is 929. The predicted molar refractivity (Wildman–Crippen MR) is 89.1 cm³/mol. The van der Waals surface area contributed by atoms with Crippen LogP contribution >= 0.6 is 11.3 Å². The number of rotatable bonds is 4. The van der Waals surface area contributed by atoms with Gasteiger partial charge in [0.05, 0.1) is 18.4 Å². The van der Waals surface area contributed by atoms with E-state index in [9.17, 15) is 9.59 Å². The summed E-state index contributed by atoms with van der Waals surface area (Å²) in [6.07, 6.45) is 0.368. The first-order chi connectivity index (χ1) is 11.1. The van der Waals surface area contributed by atoms with Gasteiger partial charge in [-0.25, -0.2) is 9.78 Å². The molecule has 2 aromatic heterocycles. The third kappa shape index (κ3) is 3.09. The third-order valence-corrected chi connectivity index (χ3v) is 4.04. The Kier molecular flexibility index (Phi) is 4.12. The van der Waals surface area contributed by atoms with E-state index < -0.39 is 5.63 Å². The molecule has 23 heavy (non-hydrogen) atoms. The van der Waals surface area contributed by atoms with Crippen molar-refractivity contribution in [2.24, 2.45) is 0 Å². The van der Waals surface area contributed by atoms with E-state index in [0.29, 0.717) is 34.1 Å². The van der Waals surface area contributed by atoms with Crippen molar-refractivity contribution in [3.05, 3.63) is 40.1 Å². The molecule has 1 aromatic carbocycles. The summed E-state index contributed by atoms with van der Waals surface area (Å²) >= 11 is 1.26. The second kappa shape index (κ2) is 6.21. The maximum Gasteiger partial charge on any atom is 0.345 e. The van der Waals surface area contributed by atoms with E-state index in [1.807, 2.05) is 0 Å². The summed E-state index contributed by atoms with van der Waals surface area (Å²) in [6.45, 7) is 1.76. The number of amides is 1. The molecule has 1 amide bonds. The molecule has 6 nitrogen and oxygen atoms in total. The lowest BCUT2D eigenvalue weighted by Crippen LogP contribution is -2.09. The highest BCUT2D eigenvalue weighted by molar-refractivity contribution is 7.14. The normalized spacial score (nSPS) is 10.7. The van der Waals surface area contributed by atoms with Crippen LogP contribution in [-0.2, 0) is 4.79 Å². The summed E-state index contributed by atoms with van der Waals surface area (Å²) in [7, 11) is 1.57. The number of nitrogens with one attached hydrogen (secondary N) is 1. The van der Waals surface area contributed by atoms with Gasteiger partial charge < -0.3 is 14.5 Å². The van der Waals surface area contributed by atoms with Crippen LogP contribution in [0.5, 0.6) is 5.75 Å². The van der Waals surface area contributed by atoms with Crippen molar-refractivity contribution in [1.29, 1.82) is 0 Å². The van der Waals surface area contributed by atoms with Crippen LogP contribution in [0, 0.1) is 0 Å². The summed E-state index contributed by atoms with van der Waals surface area (Å²) in [5.74, 6) is 0.549. The average Bonchev–Trinajstić information content (AvgIpc) is 3.01. The number of thiazole rings is 1. The lowest BCUT2D eigenvalue weighted by Gasteiger charge is -2.03. The molecule has 3 rings (SSSR count). The molecule has 0 saturated carbocycles. The highest BCUT2D eigenvalue weighted by Gasteiger charge is 2.13. The molecule has 0 radical (unpaired) electrons. The van der Waals surface area contributed by atoms with Crippen LogP contribution in [0.15, 0.2) is 38.9 Å². The number of hydrogen-bond acceptors (Lipinski definition) is 6. The molecule has 0 bridgehead atoms. The SMILES string of the molecule is CCC(=O)Nc1nc(-c2cc3cc(OC)ccc3oc2=O)cs1. The van der Waals surface area contributed by atoms with Gasteiger partial charge >= 0.3 is 5.63 Å². The Balaban J connectivity index is 2.03. The van der Waals surface area contributed by atoms with Crippen molar-refractivity contribution >= 4 is 33.3 Å². The Morgan fingerprint density at radius 2 is 2.22 bits per heavy atom. The van der Waals surface area contributed by atoms with Crippen LogP contribution in [0.1, 0.15) is 13.3 Å². The summed E-state index contributed by atoms with van der Waals surface area (Å²) in [6, 6.07) is 6.91. The van der Waals surface area contributed by atoms with E-state index in [-0.39, 0.29) is 5.91 Å². The van der Waals surface area contributed by atoms with E-state index in [1.165, 1.54) is 11.3 Å². The molecule has 0 fully saturated rings. The number of hydrogen-bond donors (Lipinski definition) is 1. The fourth-order valence-corrected chi connectivity index (χ4v) is 2.80. The second-order valence-corrected chi connectivity index (χ2v) is 5.65. The Labute approximate surface area is 135 Å². The maximum atomic E-state index is 12.2. The number of methoxy groups -OCH3 is 1. The molecule has 0 spiro atoms. The van der Waals surface area contributed by atoms with Crippen LogP contribution in [-0.4, -0.2) is 18.0 Å². The summed E-state index contributed by atoms with van der Waals surface area (Å²) in [5, 5.41) is 5.58. The molecule has 0 aliphatic rings. The van der Waals surface area contributed by atoms with Crippen molar-refractivity contribution in [3.63, 3.8) is 0 Å². The molecule has 118 valence electrons. The minimum absolute atomic E-state index is 0.124. The highest BCUT2D eigenvalue weighted by Crippen LogP contribution is 2.27. The van der Waals surface area contributed by atoms with E-state index in [0.717, 1.165) is 5.39 Å². The zero-order chi connectivity index (χ0) is 16.4. The van der Waals surface area contributed by atoms with Crippen LogP contribution in [0.2, 0.25) is 0 Å². The molecule has 0 atom stereocenters. The van der Waals surface area contributed by atoms with Gasteiger partial charge in [-0.15, -0.1) is 11.3 Å². The molecule has 1 N–H and O–H groups in total. The van der Waals surface area contributed by atoms with Gasteiger partial charge in [0.15, 0.2) is 5.13 Å². The average molecular weight is 330 g/mol. The molecule has 7 heteroatoms. The maximum absolute atomic E-state index is 12.2. The summed E-state index contributed by atoms with van der Waals surface area (Å²) < 4.78 is 10.5. The van der Waals surface area contributed by atoms with E-state index in [1.54, 1.807) is 43.7 Å². The van der Waals surface area contributed by atoms with Crippen molar-refractivity contribution in [3.8, 4) is 17.0 Å². The third-order valence-electron chi connectivity index (χ3n) is 3.29. The van der Waals surface area contributed by atoms with Gasteiger partial charge in [-0.1, -0.05) is 6.92 Å². The molecule has 3 aromatic rings. The minimum atomic E-state index is -0.471. The monoisotopic (exact) mass is 330 g/mol. The molecule has 0 aliphatic carbocycles. The van der Waals surface area contributed by atoms with Crippen molar-refractivity contribution in [2.75, 3.05) is 12.4 Å². The Morgan fingerprint density at radius 3 is 2.96 bits per heavy atom. The number of carbonyl (C=O) groups excluding carboxylic acids is 1. The van der Waals surface area contributed by atoms with Crippen LogP contribution in [0.25, 0.3) is 22.2 Å². The van der Waals surface area contributed by atoms with E-state index in [4.69, 9.17) is 9.15 Å². The lowest BCUT2D eigenvalue weighted by molar-refractivity contribution is -0.115. The smallest absolute Gasteiger partial charge is 0.345 e. The molecule has 0 aliphatic heterocycles. The molecule has 0 saturated heterocycles. The van der Waals surface area contributed by atoms with E-state index in [2.05, 4.69) is 10.3 Å². The van der Waals surface area contributed by atoms with Crippen molar-refractivity contribution < 1.29 is 13.9 Å². The quantitative estimate of drug-likeness (QED) is 0.743. The molecule has 0 unspecified atom stereocenters. The van der Waals surface area contributed by atoms with Gasteiger partial charge in [-0.05, 0) is 24.3 Å². The number of aromatic nitrogens is 1. The predicted octanol–water partition coefficient (Wildman–Crippen LogP) is 3.27. The number of carbonyl (C=O) groups is 1. The molecule has 2 heterocycles. The van der Waals surface area contributed by atoms with Gasteiger partial charge in [0.25, 0.3) is 0 Å². The first-order valence-corrected chi connectivity index (χ1v) is 7.86. The number of nitrogens with zero attached hydrogens (tertiary/aromatic N) is 1. The van der Waals surface area contributed by atoms with Gasteiger partial charge in [0, 0.05) is 17.2 Å². The first-order valence-electron chi connectivity index (χ1n) is 6.98. The fraction of sp³-hybridized carbons (Fsp3) is 0.188. The van der Waals surface area contributed by atoms with Crippen molar-refractivity contribution in [1.82, 2.24) is 4.98 Å². The zero-order valence-electron chi connectivity index (χ0n) is 12.6. The number of benzene rings is 1. The van der Waals surface area contributed by atoms with Gasteiger partial charge in [0.1, 0.15) is 11.3 Å². The fourth-order valence-electron chi connectivity index (χ4n) is 2.07. The number of ether oxygens (including phenoxy) is 1. The van der Waals surface area contributed by atoms with Crippen molar-refractivity contribution in [2.45, 2.75) is 13.3 Å². The van der Waals surface area contributed by atoms with Crippen LogP contribution < -0.4 is 15.7 Å². The largest absolute Gasteiger partial charge is 0.497 e. The summed E-state index contributed by atoms with van der Waals surface area (Å²) in [4.78, 5) is 27.8. The van der Waals surface area contributed by atoms with Crippen LogP contribution in [0.3, 0.4) is 0 Å². The topological polar surface area (TPSA) is 81.4 Å². The Morgan fingerprint density at radius 1 is 1.39 bits per heavy atom. The van der Waals surface area contributed by atoms with Gasteiger partial charge in [-0.2, -0.15) is 0 Å². The van der Waals surface area contributed by atoms with Gasteiger partial charge in [-0.3, -0.25) is 4.79 Å². The van der Waals surface area contributed by atoms with E-state index >= 15 is 0 Å². The molecular formula is C16H14N2O4S. The Hall–Kier alpha value is -2.67. The first kappa shape index (κ1) is 15.2. The lowest BCUT2D eigenvalue weighted by atomic mass is 10.1. The highest BCUT2D eigenvalue weighted by atomic mass is 32.1. The minimum Gasteiger partial charge on any atom is -0.497 e. The molecular weight excluding hydrogens is 316 g/mol.